The predicted molar refractivity (Wildman–Crippen MR) is 101 cm³/mol. The number of rotatable bonds is 4. The molecule has 1 unspecified atom stereocenters. The maximum Gasteiger partial charge on any atom is 0.225 e. The summed E-state index contributed by atoms with van der Waals surface area (Å²) in [5.74, 6) is 1.22. The summed E-state index contributed by atoms with van der Waals surface area (Å²) in [5, 5.41) is 3.34. The number of fused-ring (bicyclic) bond motifs is 2. The molecule has 2 aliphatic heterocycles. The Balaban J connectivity index is 1.37. The lowest BCUT2D eigenvalue weighted by Gasteiger charge is -2.34. The van der Waals surface area contributed by atoms with E-state index in [2.05, 4.69) is 22.4 Å². The molecule has 6 nitrogen and oxygen atoms in total. The molecule has 1 atom stereocenters. The zero-order valence-corrected chi connectivity index (χ0v) is 15.4. The number of ether oxygens (including phenoxy) is 1. The summed E-state index contributed by atoms with van der Waals surface area (Å²) in [4.78, 5) is 23.9. The number of hydrogen-bond donors (Lipinski definition) is 1. The first-order chi connectivity index (χ1) is 13.2. The van der Waals surface area contributed by atoms with Crippen LogP contribution in [0.25, 0.3) is 0 Å². The predicted octanol–water partition coefficient (Wildman–Crippen LogP) is 2.50. The Morgan fingerprint density at radius 2 is 2.15 bits per heavy atom. The molecule has 0 bridgehead atoms. The molecule has 1 spiro atoms. The van der Waals surface area contributed by atoms with Gasteiger partial charge in [0.25, 0.3) is 0 Å². The number of amides is 1. The molecule has 140 valence electrons. The van der Waals surface area contributed by atoms with Crippen molar-refractivity contribution in [3.8, 4) is 0 Å². The van der Waals surface area contributed by atoms with Crippen LogP contribution in [0.4, 0.5) is 5.95 Å². The third-order valence-electron chi connectivity index (χ3n) is 5.89. The number of nitrogens with zero attached hydrogens (tertiary/aromatic N) is 3. The summed E-state index contributed by atoms with van der Waals surface area (Å²) < 4.78 is 5.87. The van der Waals surface area contributed by atoms with E-state index in [0.29, 0.717) is 38.2 Å². The molecule has 1 saturated heterocycles. The summed E-state index contributed by atoms with van der Waals surface area (Å²) in [5.41, 5.74) is 3.11. The van der Waals surface area contributed by atoms with Crippen LogP contribution in [-0.4, -0.2) is 40.5 Å². The Kier molecular flexibility index (Phi) is 4.08. The third kappa shape index (κ3) is 3.18. The van der Waals surface area contributed by atoms with Gasteiger partial charge in [0.2, 0.25) is 11.9 Å². The highest BCUT2D eigenvalue weighted by Gasteiger charge is 2.48. The number of aromatic nitrogens is 2. The zero-order chi connectivity index (χ0) is 18.3. The van der Waals surface area contributed by atoms with Gasteiger partial charge < -0.3 is 15.0 Å². The lowest BCUT2D eigenvalue weighted by atomic mass is 9.80. The Bertz CT molecular complexity index is 853. The van der Waals surface area contributed by atoms with Crippen molar-refractivity contribution in [3.63, 3.8) is 0 Å². The van der Waals surface area contributed by atoms with E-state index in [-0.39, 0.29) is 11.3 Å². The number of benzene rings is 1. The van der Waals surface area contributed by atoms with Gasteiger partial charge in [-0.1, -0.05) is 30.3 Å². The Morgan fingerprint density at radius 1 is 1.30 bits per heavy atom. The van der Waals surface area contributed by atoms with Crippen molar-refractivity contribution in [2.75, 3.05) is 25.0 Å². The summed E-state index contributed by atoms with van der Waals surface area (Å²) in [6.45, 7) is 3.38. The zero-order valence-electron chi connectivity index (χ0n) is 15.4. The Hall–Kier alpha value is -2.47. The van der Waals surface area contributed by atoms with E-state index in [1.165, 1.54) is 5.56 Å². The molecule has 27 heavy (non-hydrogen) atoms. The minimum Gasteiger partial charge on any atom is -0.376 e. The molecule has 1 aliphatic carbocycles. The van der Waals surface area contributed by atoms with Gasteiger partial charge >= 0.3 is 0 Å². The molecule has 3 heterocycles. The summed E-state index contributed by atoms with van der Waals surface area (Å²) in [6.07, 6.45) is 4.88. The van der Waals surface area contributed by atoms with Crippen molar-refractivity contribution >= 4 is 11.9 Å². The Morgan fingerprint density at radius 3 is 2.96 bits per heavy atom. The van der Waals surface area contributed by atoms with Gasteiger partial charge in [-0.15, -0.1) is 0 Å². The molecule has 2 aromatic rings. The highest BCUT2D eigenvalue weighted by Crippen LogP contribution is 2.41. The van der Waals surface area contributed by atoms with E-state index in [4.69, 9.17) is 9.72 Å². The van der Waals surface area contributed by atoms with Gasteiger partial charge in [0.05, 0.1) is 24.3 Å². The van der Waals surface area contributed by atoms with Crippen LogP contribution in [-0.2, 0) is 28.1 Å². The number of nitrogens with one attached hydrogen (secondary N) is 1. The van der Waals surface area contributed by atoms with Crippen LogP contribution < -0.4 is 5.32 Å². The highest BCUT2D eigenvalue weighted by atomic mass is 16.5. The molecule has 1 aromatic carbocycles. The van der Waals surface area contributed by atoms with Crippen LogP contribution >= 0.6 is 0 Å². The van der Waals surface area contributed by atoms with Crippen molar-refractivity contribution in [3.05, 3.63) is 53.3 Å². The normalized spacial score (nSPS) is 24.1. The molecular weight excluding hydrogens is 340 g/mol. The molecule has 0 radical (unpaired) electrons. The van der Waals surface area contributed by atoms with Gasteiger partial charge in [0, 0.05) is 37.3 Å². The molecule has 3 aliphatic rings. The van der Waals surface area contributed by atoms with E-state index in [0.717, 1.165) is 37.1 Å². The topological polar surface area (TPSA) is 67.4 Å². The number of carbonyl (C=O) groups excluding carboxylic acids is 1. The quantitative estimate of drug-likeness (QED) is 0.903. The number of likely N-dealkylation sites (tertiary alicyclic amines) is 1. The molecule has 1 saturated carbocycles. The molecule has 1 N–H and O–H groups in total. The second-order valence-electron chi connectivity index (χ2n) is 7.96. The smallest absolute Gasteiger partial charge is 0.225 e. The van der Waals surface area contributed by atoms with Gasteiger partial charge in [0.15, 0.2) is 0 Å². The molecular formula is C21H24N4O2. The fourth-order valence-electron chi connectivity index (χ4n) is 4.22. The van der Waals surface area contributed by atoms with Gasteiger partial charge in [-0.3, -0.25) is 4.79 Å². The highest BCUT2D eigenvalue weighted by molar-refractivity contribution is 5.81. The number of hydrogen-bond acceptors (Lipinski definition) is 5. The average molecular weight is 364 g/mol. The minimum absolute atomic E-state index is 0.190. The van der Waals surface area contributed by atoms with Crippen LogP contribution in [0.15, 0.2) is 36.5 Å². The number of anilines is 1. The van der Waals surface area contributed by atoms with Crippen molar-refractivity contribution in [1.82, 2.24) is 14.9 Å². The van der Waals surface area contributed by atoms with E-state index < -0.39 is 0 Å². The first-order valence-corrected chi connectivity index (χ1v) is 9.74. The monoisotopic (exact) mass is 364 g/mol. The minimum atomic E-state index is -0.190. The second-order valence-corrected chi connectivity index (χ2v) is 7.96. The summed E-state index contributed by atoms with van der Waals surface area (Å²) in [7, 11) is 0. The van der Waals surface area contributed by atoms with E-state index in [1.807, 2.05) is 29.3 Å². The van der Waals surface area contributed by atoms with Crippen LogP contribution in [0.5, 0.6) is 0 Å². The van der Waals surface area contributed by atoms with Crippen LogP contribution in [0.2, 0.25) is 0 Å². The number of carbonyl (C=O) groups is 1. The van der Waals surface area contributed by atoms with E-state index in [9.17, 15) is 4.79 Å². The SMILES string of the molecule is O=C(C1CC1)N1CCC2(COCc3cnc(NCc4ccccc4)nc32)C1. The van der Waals surface area contributed by atoms with Crippen LogP contribution in [0.3, 0.4) is 0 Å². The van der Waals surface area contributed by atoms with Gasteiger partial charge in [-0.05, 0) is 24.8 Å². The fraction of sp³-hybridized carbons (Fsp3) is 0.476. The summed E-state index contributed by atoms with van der Waals surface area (Å²) >= 11 is 0. The second kappa shape index (κ2) is 6.60. The lowest BCUT2D eigenvalue weighted by Crippen LogP contribution is -2.42. The van der Waals surface area contributed by atoms with Gasteiger partial charge in [-0.2, -0.15) is 0 Å². The Labute approximate surface area is 159 Å². The lowest BCUT2D eigenvalue weighted by molar-refractivity contribution is -0.131. The van der Waals surface area contributed by atoms with Gasteiger partial charge in [0.1, 0.15) is 0 Å². The van der Waals surface area contributed by atoms with Crippen LogP contribution in [0, 0.1) is 5.92 Å². The largest absolute Gasteiger partial charge is 0.376 e. The molecule has 6 heteroatoms. The first-order valence-electron chi connectivity index (χ1n) is 9.74. The fourth-order valence-corrected chi connectivity index (χ4v) is 4.22. The molecule has 5 rings (SSSR count). The average Bonchev–Trinajstić information content (AvgIpc) is 3.48. The molecule has 1 amide bonds. The standard InChI is InChI=1S/C21H24N4O2/c26-19(16-6-7-16)25-9-8-21(13-25)14-27-12-17-11-23-20(24-18(17)21)22-10-15-4-2-1-3-5-15/h1-5,11,16H,6-10,12-14H2,(H,22,23,24). The van der Waals surface area contributed by atoms with E-state index >= 15 is 0 Å². The van der Waals surface area contributed by atoms with Crippen molar-refractivity contribution in [1.29, 1.82) is 0 Å². The van der Waals surface area contributed by atoms with E-state index in [1.54, 1.807) is 0 Å². The maximum atomic E-state index is 12.5. The van der Waals surface area contributed by atoms with Crippen LogP contribution in [0.1, 0.15) is 36.1 Å². The third-order valence-corrected chi connectivity index (χ3v) is 5.89. The summed E-state index contributed by atoms with van der Waals surface area (Å²) in [6, 6.07) is 10.2. The molecule has 2 fully saturated rings. The van der Waals surface area contributed by atoms with Crippen molar-refractivity contribution < 1.29 is 9.53 Å². The van der Waals surface area contributed by atoms with Gasteiger partial charge in [-0.25, -0.2) is 9.97 Å². The molecule has 1 aromatic heterocycles. The van der Waals surface area contributed by atoms with Crippen molar-refractivity contribution in [2.24, 2.45) is 5.92 Å². The maximum absolute atomic E-state index is 12.5. The first kappa shape index (κ1) is 16.7. The van der Waals surface area contributed by atoms with Crippen molar-refractivity contribution in [2.45, 2.75) is 37.8 Å².